The van der Waals surface area contributed by atoms with Gasteiger partial charge in [0, 0.05) is 54.8 Å². The highest BCUT2D eigenvalue weighted by atomic mass is 16.5. The summed E-state index contributed by atoms with van der Waals surface area (Å²) in [6.45, 7) is 5.61. The maximum Gasteiger partial charge on any atom is 0.246 e. The number of aromatic nitrogens is 1. The fraction of sp³-hybridized carbons (Fsp3) is 0.375. The highest BCUT2D eigenvalue weighted by Gasteiger charge is 2.31. The Bertz CT molecular complexity index is 1020. The summed E-state index contributed by atoms with van der Waals surface area (Å²) in [6, 6.07) is 9.05. The third kappa shape index (κ3) is 4.68. The molecule has 3 N–H and O–H groups in total. The molecule has 1 unspecified atom stereocenters. The van der Waals surface area contributed by atoms with Gasteiger partial charge in [-0.05, 0) is 37.0 Å². The Labute approximate surface area is 188 Å². The van der Waals surface area contributed by atoms with E-state index in [1.165, 1.54) is 6.08 Å². The summed E-state index contributed by atoms with van der Waals surface area (Å²) in [5.74, 6) is 4.61. The Hall–Kier alpha value is -3.57. The molecule has 1 fully saturated rings. The predicted octanol–water partition coefficient (Wildman–Crippen LogP) is 2.49. The molecule has 1 aromatic carbocycles. The van der Waals surface area contributed by atoms with Gasteiger partial charge in [0.15, 0.2) is 0 Å². The third-order valence-corrected chi connectivity index (χ3v) is 5.82. The molecule has 0 saturated carbocycles. The van der Waals surface area contributed by atoms with Gasteiger partial charge in [0.1, 0.15) is 17.7 Å². The maximum absolute atomic E-state index is 12.1. The van der Waals surface area contributed by atoms with Crippen LogP contribution in [-0.2, 0) is 4.79 Å². The molecule has 2 aromatic rings. The van der Waals surface area contributed by atoms with Gasteiger partial charge in [0.25, 0.3) is 0 Å². The number of aromatic amines is 1. The van der Waals surface area contributed by atoms with Crippen molar-refractivity contribution in [3.63, 3.8) is 0 Å². The third-order valence-electron chi connectivity index (χ3n) is 5.82. The number of rotatable bonds is 5. The average Bonchev–Trinajstić information content (AvgIpc) is 3.32. The van der Waals surface area contributed by atoms with Crippen molar-refractivity contribution in [1.29, 1.82) is 0 Å². The van der Waals surface area contributed by atoms with Gasteiger partial charge in [-0.1, -0.05) is 6.58 Å². The number of methoxy groups -OCH3 is 2. The lowest BCUT2D eigenvalue weighted by Crippen LogP contribution is -2.52. The number of hydrogen-bond acceptors (Lipinski definition) is 6. The molecule has 1 amide bonds. The van der Waals surface area contributed by atoms with Crippen LogP contribution < -0.4 is 20.1 Å². The summed E-state index contributed by atoms with van der Waals surface area (Å²) in [5.41, 5.74) is 2.96. The fourth-order valence-corrected chi connectivity index (χ4v) is 4.15. The van der Waals surface area contributed by atoms with Crippen LogP contribution in [0.4, 0.5) is 5.69 Å². The van der Waals surface area contributed by atoms with Gasteiger partial charge in [0.2, 0.25) is 5.91 Å². The van der Waals surface area contributed by atoms with Crippen LogP contribution >= 0.6 is 0 Å². The van der Waals surface area contributed by atoms with Crippen LogP contribution in [0.2, 0.25) is 0 Å². The normalized spacial score (nSPS) is 19.8. The van der Waals surface area contributed by atoms with Crippen molar-refractivity contribution in [3.8, 4) is 23.5 Å². The number of anilines is 1. The minimum Gasteiger partial charge on any atom is -0.497 e. The molecule has 8 heteroatoms. The van der Waals surface area contributed by atoms with Crippen molar-refractivity contribution in [2.24, 2.45) is 0 Å². The van der Waals surface area contributed by atoms with Crippen LogP contribution in [0, 0.1) is 12.0 Å². The number of hydrogen-bond donors (Lipinski definition) is 3. The number of benzene rings is 1. The van der Waals surface area contributed by atoms with Gasteiger partial charge < -0.3 is 24.7 Å². The predicted molar refractivity (Wildman–Crippen MR) is 123 cm³/mol. The molecule has 8 nitrogen and oxygen atoms in total. The number of piperidine rings is 1. The van der Waals surface area contributed by atoms with Crippen molar-refractivity contribution in [3.05, 3.63) is 54.4 Å². The zero-order valence-corrected chi connectivity index (χ0v) is 18.5. The first-order chi connectivity index (χ1) is 15.6. The van der Waals surface area contributed by atoms with E-state index in [2.05, 4.69) is 34.2 Å². The zero-order valence-electron chi connectivity index (χ0n) is 18.5. The number of fused-ring (bicyclic) bond motifs is 1. The molecule has 0 aliphatic carbocycles. The number of nitrogens with one attached hydrogen (secondary N) is 3. The zero-order chi connectivity index (χ0) is 22.5. The van der Waals surface area contributed by atoms with E-state index < -0.39 is 0 Å². The number of carbonyl (C=O) groups excluding carboxylic acids is 1. The first-order valence-electron chi connectivity index (χ1n) is 10.7. The molecule has 3 heterocycles. The number of likely N-dealkylation sites (tertiary alicyclic amines) is 1. The van der Waals surface area contributed by atoms with Crippen LogP contribution in [-0.4, -0.2) is 60.7 Å². The number of carbonyl (C=O) groups is 1. The van der Waals surface area contributed by atoms with E-state index >= 15 is 0 Å². The quantitative estimate of drug-likeness (QED) is 0.495. The molecule has 1 saturated heterocycles. The molecule has 0 bridgehead atoms. The smallest absolute Gasteiger partial charge is 0.246 e. The second-order valence-electron chi connectivity index (χ2n) is 7.86. The van der Waals surface area contributed by atoms with Gasteiger partial charge in [-0.2, -0.15) is 0 Å². The summed E-state index contributed by atoms with van der Waals surface area (Å²) < 4.78 is 10.7. The van der Waals surface area contributed by atoms with Crippen molar-refractivity contribution in [2.75, 3.05) is 39.3 Å². The second-order valence-corrected chi connectivity index (χ2v) is 7.86. The van der Waals surface area contributed by atoms with Gasteiger partial charge >= 0.3 is 0 Å². The van der Waals surface area contributed by atoms with E-state index in [1.807, 2.05) is 40.4 Å². The first kappa shape index (κ1) is 21.7. The lowest BCUT2D eigenvalue weighted by Gasteiger charge is -2.39. The number of nitrogens with zero attached hydrogens (tertiary/aromatic N) is 2. The fourth-order valence-electron chi connectivity index (χ4n) is 4.15. The van der Waals surface area contributed by atoms with E-state index in [1.54, 1.807) is 14.2 Å². The Kier molecular flexibility index (Phi) is 6.57. The topological polar surface area (TPSA) is 81.9 Å². The van der Waals surface area contributed by atoms with Crippen LogP contribution in [0.3, 0.4) is 0 Å². The summed E-state index contributed by atoms with van der Waals surface area (Å²) >= 11 is 0. The molecule has 2 atom stereocenters. The van der Waals surface area contributed by atoms with Gasteiger partial charge in [-0.25, -0.2) is 0 Å². The van der Waals surface area contributed by atoms with E-state index in [-0.39, 0.29) is 18.1 Å². The van der Waals surface area contributed by atoms with Crippen LogP contribution in [0.15, 0.2) is 43.2 Å². The number of ether oxygens (including phenoxy) is 2. The monoisotopic (exact) mass is 435 g/mol. The number of H-pyrrole nitrogens is 1. The molecular formula is C24H29N5O3. The van der Waals surface area contributed by atoms with E-state index in [4.69, 9.17) is 9.47 Å². The highest BCUT2D eigenvalue weighted by molar-refractivity contribution is 5.87. The Morgan fingerprint density at radius 1 is 1.25 bits per heavy atom. The lowest BCUT2D eigenvalue weighted by molar-refractivity contribution is -0.127. The summed E-state index contributed by atoms with van der Waals surface area (Å²) in [7, 11) is 3.25. The molecule has 168 valence electrons. The van der Waals surface area contributed by atoms with Crippen molar-refractivity contribution in [2.45, 2.75) is 25.0 Å². The highest BCUT2D eigenvalue weighted by Crippen LogP contribution is 2.31. The molecule has 32 heavy (non-hydrogen) atoms. The molecule has 2 aliphatic rings. The molecule has 0 radical (unpaired) electrons. The Morgan fingerprint density at radius 3 is 2.75 bits per heavy atom. The summed E-state index contributed by atoms with van der Waals surface area (Å²) in [6.07, 6.45) is 7.17. The Balaban J connectivity index is 1.57. The van der Waals surface area contributed by atoms with E-state index in [0.29, 0.717) is 24.7 Å². The molecular weight excluding hydrogens is 406 g/mol. The minimum absolute atomic E-state index is 0.0206. The van der Waals surface area contributed by atoms with Gasteiger partial charge in [-0.15, -0.1) is 0 Å². The SMILES string of the molecule is C=CC(=O)N1CCCC(N[C@@H]2c3c[nH]cc3NCN2C#Cc2cc(OC)cc(OC)c2)C1. The van der Waals surface area contributed by atoms with Crippen molar-refractivity contribution < 1.29 is 14.3 Å². The van der Waals surface area contributed by atoms with Gasteiger partial charge in [0.05, 0.1) is 26.6 Å². The molecule has 1 aromatic heterocycles. The van der Waals surface area contributed by atoms with Crippen LogP contribution in [0.1, 0.15) is 30.1 Å². The van der Waals surface area contributed by atoms with Crippen molar-refractivity contribution in [1.82, 2.24) is 20.1 Å². The minimum atomic E-state index is -0.110. The average molecular weight is 436 g/mol. The summed E-state index contributed by atoms with van der Waals surface area (Å²) in [5, 5.41) is 7.13. The standard InChI is InChI=1S/C24H29N5O3/c1-4-23(30)28-8-5-6-18(15-28)27-24-21-13-25-14-22(21)26-16-29(24)9-7-17-10-19(31-2)12-20(11-17)32-3/h4,10-14,18,24-27H,1,5-6,8,15-16H2,2-3H3/t18?,24-/m0/s1. The Morgan fingerprint density at radius 2 is 2.03 bits per heavy atom. The summed E-state index contributed by atoms with van der Waals surface area (Å²) in [4.78, 5) is 19.2. The van der Waals surface area contributed by atoms with Crippen LogP contribution in [0.5, 0.6) is 11.5 Å². The van der Waals surface area contributed by atoms with Crippen LogP contribution in [0.25, 0.3) is 0 Å². The maximum atomic E-state index is 12.1. The molecule has 0 spiro atoms. The van der Waals surface area contributed by atoms with Gasteiger partial charge in [-0.3, -0.25) is 15.0 Å². The second kappa shape index (κ2) is 9.71. The largest absolute Gasteiger partial charge is 0.497 e. The van der Waals surface area contributed by atoms with Crippen molar-refractivity contribution >= 4 is 11.6 Å². The molecule has 2 aliphatic heterocycles. The first-order valence-corrected chi connectivity index (χ1v) is 10.7. The number of amides is 1. The van der Waals surface area contributed by atoms with E-state index in [0.717, 1.165) is 36.2 Å². The molecule has 4 rings (SSSR count). The van der Waals surface area contributed by atoms with E-state index in [9.17, 15) is 4.79 Å². The lowest BCUT2D eigenvalue weighted by atomic mass is 10.0.